The Kier molecular flexibility index (Phi) is 15.8. The molecule has 0 aliphatic carbocycles. The summed E-state index contributed by atoms with van der Waals surface area (Å²) in [6.45, 7) is 2.05. The Labute approximate surface area is 162 Å². The van der Waals surface area contributed by atoms with Crippen molar-refractivity contribution in [3.63, 3.8) is 0 Å². The Balaban J connectivity index is 4.06. The van der Waals surface area contributed by atoms with E-state index in [1.54, 1.807) is 54.7 Å². The lowest BCUT2D eigenvalue weighted by Gasteiger charge is -2.11. The monoisotopic (exact) mass is 376 g/mol. The summed E-state index contributed by atoms with van der Waals surface area (Å²) in [4.78, 5) is 10.4. The molecule has 0 aliphatic rings. The molecule has 3 atom stereocenters. The van der Waals surface area contributed by atoms with Crippen LogP contribution in [-0.4, -0.2) is 44.7 Å². The third-order valence-corrected chi connectivity index (χ3v) is 3.44. The van der Waals surface area contributed by atoms with Crippen LogP contribution in [0.15, 0.2) is 72.9 Å². The lowest BCUT2D eigenvalue weighted by Crippen LogP contribution is -2.22. The highest BCUT2D eigenvalue weighted by Crippen LogP contribution is 2.03. The van der Waals surface area contributed by atoms with Gasteiger partial charge < -0.3 is 20.4 Å². The van der Waals surface area contributed by atoms with Gasteiger partial charge in [-0.2, -0.15) is 0 Å². The summed E-state index contributed by atoms with van der Waals surface area (Å²) in [5.74, 6) is -0.861. The fourth-order valence-electron chi connectivity index (χ4n) is 1.94. The van der Waals surface area contributed by atoms with Gasteiger partial charge >= 0.3 is 5.97 Å². The molecule has 0 fully saturated rings. The highest BCUT2D eigenvalue weighted by molar-refractivity contribution is 5.66. The van der Waals surface area contributed by atoms with E-state index in [9.17, 15) is 20.1 Å². The molecule has 0 aromatic carbocycles. The molecule has 0 aromatic rings. The average Bonchev–Trinajstić information content (AvgIpc) is 2.63. The molecule has 0 saturated carbocycles. The van der Waals surface area contributed by atoms with E-state index in [-0.39, 0.29) is 12.8 Å². The number of aliphatic hydroxyl groups excluding tert-OH is 3. The highest BCUT2D eigenvalue weighted by Gasteiger charge is 2.10. The van der Waals surface area contributed by atoms with Crippen molar-refractivity contribution in [2.75, 3.05) is 0 Å². The summed E-state index contributed by atoms with van der Waals surface area (Å²) in [5.41, 5.74) is 0. The van der Waals surface area contributed by atoms with Crippen LogP contribution in [0.4, 0.5) is 0 Å². The van der Waals surface area contributed by atoms with E-state index in [0.717, 1.165) is 6.42 Å². The summed E-state index contributed by atoms with van der Waals surface area (Å²) < 4.78 is 0. The van der Waals surface area contributed by atoms with Crippen molar-refractivity contribution < 1.29 is 25.2 Å². The van der Waals surface area contributed by atoms with Crippen molar-refractivity contribution >= 4 is 5.97 Å². The number of allylic oxidation sites excluding steroid dienone is 8. The maximum Gasteiger partial charge on any atom is 0.303 e. The van der Waals surface area contributed by atoms with Gasteiger partial charge in [0.25, 0.3) is 0 Å². The summed E-state index contributed by atoms with van der Waals surface area (Å²) in [5, 5.41) is 37.7. The zero-order valence-corrected chi connectivity index (χ0v) is 15.9. The largest absolute Gasteiger partial charge is 0.481 e. The molecule has 0 aliphatic heterocycles. The van der Waals surface area contributed by atoms with Crippen LogP contribution < -0.4 is 0 Å². The number of aliphatic hydroxyl groups is 3. The fourth-order valence-corrected chi connectivity index (χ4v) is 1.94. The second-order valence-corrected chi connectivity index (χ2v) is 5.92. The quantitative estimate of drug-likeness (QED) is 0.275. The number of rotatable bonds is 14. The first kappa shape index (κ1) is 24.8. The summed E-state index contributed by atoms with van der Waals surface area (Å²) >= 11 is 0. The number of carbonyl (C=O) groups is 1. The molecule has 1 unspecified atom stereocenters. The van der Waals surface area contributed by atoms with Gasteiger partial charge in [-0.15, -0.1) is 0 Å². The Morgan fingerprint density at radius 1 is 0.815 bits per heavy atom. The van der Waals surface area contributed by atoms with Gasteiger partial charge in [0.1, 0.15) is 0 Å². The lowest BCUT2D eigenvalue weighted by atomic mass is 10.1. The molecule has 0 aromatic heterocycles. The van der Waals surface area contributed by atoms with Gasteiger partial charge in [0.15, 0.2) is 0 Å². The molecule has 150 valence electrons. The van der Waals surface area contributed by atoms with Gasteiger partial charge in [0.05, 0.1) is 18.3 Å². The van der Waals surface area contributed by atoms with Gasteiger partial charge in [0, 0.05) is 6.42 Å². The molecular formula is C22H32O5. The molecule has 0 saturated heterocycles. The van der Waals surface area contributed by atoms with Gasteiger partial charge in [-0.25, -0.2) is 0 Å². The molecule has 0 heterocycles. The molecule has 0 rings (SSSR count). The second-order valence-electron chi connectivity index (χ2n) is 5.92. The minimum atomic E-state index is -0.992. The van der Waals surface area contributed by atoms with Crippen molar-refractivity contribution in [2.45, 2.75) is 57.3 Å². The van der Waals surface area contributed by atoms with Crippen LogP contribution >= 0.6 is 0 Å². The number of hydrogen-bond acceptors (Lipinski definition) is 4. The topological polar surface area (TPSA) is 98.0 Å². The Bertz CT molecular complexity index is 555. The molecular weight excluding hydrogens is 344 g/mol. The molecule has 4 N–H and O–H groups in total. The number of carboxylic acids is 1. The van der Waals surface area contributed by atoms with Crippen LogP contribution in [0, 0.1) is 0 Å². The van der Waals surface area contributed by atoms with Crippen molar-refractivity contribution in [1.29, 1.82) is 0 Å². The van der Waals surface area contributed by atoms with Crippen LogP contribution in [-0.2, 0) is 4.79 Å². The number of aliphatic carboxylic acids is 1. The van der Waals surface area contributed by atoms with Crippen LogP contribution in [0.25, 0.3) is 0 Å². The zero-order valence-electron chi connectivity index (χ0n) is 15.9. The van der Waals surface area contributed by atoms with E-state index in [1.165, 1.54) is 6.08 Å². The molecule has 5 heteroatoms. The fraction of sp³-hybridized carbons (Fsp3) is 0.409. The summed E-state index contributed by atoms with van der Waals surface area (Å²) in [7, 11) is 0. The first-order valence-electron chi connectivity index (χ1n) is 9.21. The van der Waals surface area contributed by atoms with Gasteiger partial charge in [-0.1, -0.05) is 79.8 Å². The lowest BCUT2D eigenvalue weighted by molar-refractivity contribution is -0.136. The van der Waals surface area contributed by atoms with Crippen molar-refractivity contribution in [2.24, 2.45) is 0 Å². The average molecular weight is 376 g/mol. The van der Waals surface area contributed by atoms with E-state index < -0.39 is 24.3 Å². The van der Waals surface area contributed by atoms with Crippen LogP contribution in [0.1, 0.15) is 39.0 Å². The minimum absolute atomic E-state index is 0.0530. The maximum atomic E-state index is 10.4. The highest BCUT2D eigenvalue weighted by atomic mass is 16.4. The SMILES string of the molecule is CCC=CC[C@H](O)C=CC=C/C=C/C=C/C(O)[C@@H](O)CC=CCCC(=O)O. The Morgan fingerprint density at radius 3 is 2.04 bits per heavy atom. The van der Waals surface area contributed by atoms with Crippen LogP contribution in [0.5, 0.6) is 0 Å². The minimum Gasteiger partial charge on any atom is -0.481 e. The van der Waals surface area contributed by atoms with E-state index in [2.05, 4.69) is 0 Å². The van der Waals surface area contributed by atoms with Crippen LogP contribution in [0.3, 0.4) is 0 Å². The number of carboxylic acid groups (broad SMARTS) is 1. The van der Waals surface area contributed by atoms with E-state index in [1.807, 2.05) is 19.1 Å². The molecule has 0 bridgehead atoms. The van der Waals surface area contributed by atoms with Crippen molar-refractivity contribution in [3.05, 3.63) is 72.9 Å². The smallest absolute Gasteiger partial charge is 0.303 e. The van der Waals surface area contributed by atoms with Gasteiger partial charge in [0.2, 0.25) is 0 Å². The van der Waals surface area contributed by atoms with Gasteiger partial charge in [-0.05, 0) is 25.7 Å². The molecule has 5 nitrogen and oxygen atoms in total. The Morgan fingerprint density at radius 2 is 1.41 bits per heavy atom. The van der Waals surface area contributed by atoms with Gasteiger partial charge in [-0.3, -0.25) is 4.79 Å². The third-order valence-electron chi connectivity index (χ3n) is 3.44. The third kappa shape index (κ3) is 17.0. The van der Waals surface area contributed by atoms with Crippen molar-refractivity contribution in [3.8, 4) is 0 Å². The first-order valence-corrected chi connectivity index (χ1v) is 9.21. The standard InChI is InChI=1S/C22H32O5/c1-2-3-9-14-19(23)15-10-6-4-5-7-11-16-20(24)21(25)17-12-8-13-18-22(26)27/h3-12,15-16,19-21,23-25H,2,13-14,17-18H2,1H3,(H,26,27)/b6-4?,7-5+,9-3?,12-8?,15-10?,16-11+/t19-,20?,21-/m0/s1. The Hall–Kier alpha value is -2.21. The summed E-state index contributed by atoms with van der Waals surface area (Å²) in [6, 6.07) is 0. The maximum absolute atomic E-state index is 10.4. The van der Waals surface area contributed by atoms with Crippen LogP contribution in [0.2, 0.25) is 0 Å². The second kappa shape index (κ2) is 17.2. The van der Waals surface area contributed by atoms with Crippen molar-refractivity contribution in [1.82, 2.24) is 0 Å². The molecule has 27 heavy (non-hydrogen) atoms. The molecule has 0 spiro atoms. The number of hydrogen-bond donors (Lipinski definition) is 4. The van der Waals surface area contributed by atoms with E-state index >= 15 is 0 Å². The zero-order chi connectivity index (χ0) is 20.3. The predicted molar refractivity (Wildman–Crippen MR) is 109 cm³/mol. The predicted octanol–water partition coefficient (Wildman–Crippen LogP) is 3.46. The normalized spacial score (nSPS) is 16.6. The molecule has 0 radical (unpaired) electrons. The van der Waals surface area contributed by atoms with E-state index in [0.29, 0.717) is 12.8 Å². The summed E-state index contributed by atoms with van der Waals surface area (Å²) in [6.07, 6.45) is 20.9. The molecule has 0 amide bonds. The van der Waals surface area contributed by atoms with E-state index in [4.69, 9.17) is 5.11 Å². The first-order chi connectivity index (χ1) is 13.0.